The van der Waals surface area contributed by atoms with Crippen LogP contribution in [0.25, 0.3) is 0 Å². The van der Waals surface area contributed by atoms with Crippen molar-refractivity contribution in [2.24, 2.45) is 5.92 Å². The largest absolute Gasteiger partial charge is 0.534 e. The molecule has 1 unspecified atom stereocenters. The minimum absolute atomic E-state index is 0.190. The molecule has 5 nitrogen and oxygen atoms in total. The highest BCUT2D eigenvalue weighted by Gasteiger charge is 2.53. The lowest BCUT2D eigenvalue weighted by Gasteiger charge is -2.44. The first-order valence-electron chi connectivity index (χ1n) is 12.2. The number of aliphatic hydroxyl groups is 2. The molecule has 1 aliphatic rings. The number of esters is 1. The third kappa shape index (κ3) is 4.42. The summed E-state index contributed by atoms with van der Waals surface area (Å²) in [7, 11) is -2.90. The lowest BCUT2D eigenvalue weighted by atomic mass is 9.78. The molecule has 35 heavy (non-hydrogen) atoms. The second-order valence-electron chi connectivity index (χ2n) is 10.1. The first kappa shape index (κ1) is 25.2. The molecule has 0 saturated heterocycles. The van der Waals surface area contributed by atoms with Crippen molar-refractivity contribution >= 4 is 24.7 Å². The smallest absolute Gasteiger partial charge is 0.319 e. The molecule has 0 bridgehead atoms. The molecule has 3 aromatic rings. The van der Waals surface area contributed by atoms with Gasteiger partial charge in [-0.15, -0.1) is 0 Å². The molecule has 6 heteroatoms. The minimum atomic E-state index is -2.90. The number of carbonyl (C=O) groups is 1. The molecular formula is C29H34O5Si. The van der Waals surface area contributed by atoms with Crippen molar-refractivity contribution in [2.75, 3.05) is 6.61 Å². The van der Waals surface area contributed by atoms with Crippen molar-refractivity contribution in [1.29, 1.82) is 0 Å². The van der Waals surface area contributed by atoms with Gasteiger partial charge in [-0.25, -0.2) is 0 Å². The summed E-state index contributed by atoms with van der Waals surface area (Å²) in [4.78, 5) is 12.5. The number of ether oxygens (including phenoxy) is 1. The topological polar surface area (TPSA) is 76.0 Å². The average Bonchev–Trinajstić information content (AvgIpc) is 2.83. The monoisotopic (exact) mass is 490 g/mol. The molecule has 4 rings (SSSR count). The molecule has 0 saturated carbocycles. The summed E-state index contributed by atoms with van der Waals surface area (Å²) in [6, 6.07) is 26.0. The summed E-state index contributed by atoms with van der Waals surface area (Å²) in [5, 5.41) is 24.3. The Morgan fingerprint density at radius 2 is 1.51 bits per heavy atom. The molecule has 1 aliphatic carbocycles. The van der Waals surface area contributed by atoms with Crippen LogP contribution in [-0.4, -0.2) is 31.1 Å². The zero-order chi connectivity index (χ0) is 25.3. The zero-order valence-corrected chi connectivity index (χ0v) is 21.8. The van der Waals surface area contributed by atoms with Crippen LogP contribution in [0.15, 0.2) is 78.9 Å². The fourth-order valence-corrected chi connectivity index (χ4v) is 9.73. The van der Waals surface area contributed by atoms with Crippen LogP contribution >= 0.6 is 0 Å². The summed E-state index contributed by atoms with van der Waals surface area (Å²) in [6.45, 7) is 8.51. The van der Waals surface area contributed by atoms with Gasteiger partial charge < -0.3 is 19.4 Å². The molecule has 184 valence electrons. The van der Waals surface area contributed by atoms with E-state index in [1.165, 1.54) is 0 Å². The highest BCUT2D eigenvalue weighted by atomic mass is 28.4. The van der Waals surface area contributed by atoms with Gasteiger partial charge in [0.05, 0.1) is 6.61 Å². The lowest BCUT2D eigenvalue weighted by molar-refractivity contribution is -0.225. The van der Waals surface area contributed by atoms with Gasteiger partial charge in [0.25, 0.3) is 0 Å². The summed E-state index contributed by atoms with van der Waals surface area (Å²) < 4.78 is 12.3. The molecule has 0 fully saturated rings. The quantitative estimate of drug-likeness (QED) is 0.312. The molecule has 3 aromatic carbocycles. The van der Waals surface area contributed by atoms with Gasteiger partial charge >= 0.3 is 14.3 Å². The van der Waals surface area contributed by atoms with E-state index in [4.69, 9.17) is 9.16 Å². The van der Waals surface area contributed by atoms with Gasteiger partial charge in [-0.1, -0.05) is 93.6 Å². The Balaban J connectivity index is 1.88. The minimum Gasteiger partial charge on any atom is -0.534 e. The van der Waals surface area contributed by atoms with E-state index in [1.54, 1.807) is 19.1 Å². The number of hydrogen-bond donors (Lipinski definition) is 2. The van der Waals surface area contributed by atoms with E-state index in [0.29, 0.717) is 17.7 Å². The Morgan fingerprint density at radius 3 is 2.03 bits per heavy atom. The lowest BCUT2D eigenvalue weighted by Crippen LogP contribution is -2.69. The van der Waals surface area contributed by atoms with E-state index in [9.17, 15) is 15.0 Å². The highest BCUT2D eigenvalue weighted by Crippen LogP contribution is 2.44. The summed E-state index contributed by atoms with van der Waals surface area (Å²) in [5.41, 5.74) is 1.03. The van der Waals surface area contributed by atoms with Gasteiger partial charge in [-0.2, -0.15) is 0 Å². The Hall–Kier alpha value is -2.93. The van der Waals surface area contributed by atoms with Crippen molar-refractivity contribution in [3.05, 3.63) is 90.0 Å². The second kappa shape index (κ2) is 9.61. The Labute approximate surface area is 208 Å². The fourth-order valence-electron chi connectivity index (χ4n) is 5.28. The molecule has 1 atom stereocenters. The molecule has 0 spiro atoms. The first-order valence-corrected chi connectivity index (χ1v) is 14.1. The van der Waals surface area contributed by atoms with E-state index < -0.39 is 26.0 Å². The second-order valence-corrected chi connectivity index (χ2v) is 14.3. The summed E-state index contributed by atoms with van der Waals surface area (Å²) >= 11 is 0. The van der Waals surface area contributed by atoms with Crippen LogP contribution < -0.4 is 14.8 Å². The number of hydrogen-bond acceptors (Lipinski definition) is 5. The maximum absolute atomic E-state index is 12.5. The average molecular weight is 491 g/mol. The van der Waals surface area contributed by atoms with Crippen molar-refractivity contribution in [1.82, 2.24) is 0 Å². The van der Waals surface area contributed by atoms with Gasteiger partial charge in [0.1, 0.15) is 11.7 Å². The standard InChI is InChI=1S/C29H34O5Si/c1-5-33-27(30)25-20-19-23-24(29(25,31)32)17-12-18-26(23)34-35(28(2,3)4,21-13-8-6-9-14-21)22-15-10-7-11-16-22/h6-18,25,31-32H,5,19-20H2,1-4H3. The van der Waals surface area contributed by atoms with Crippen LogP contribution in [0.1, 0.15) is 45.2 Å². The first-order chi connectivity index (χ1) is 16.6. The molecule has 0 radical (unpaired) electrons. The van der Waals surface area contributed by atoms with Crippen LogP contribution in [0.2, 0.25) is 5.04 Å². The normalized spacial score (nSPS) is 17.4. The fraction of sp³-hybridized carbons (Fsp3) is 0.345. The Morgan fingerprint density at radius 1 is 0.943 bits per heavy atom. The van der Waals surface area contributed by atoms with Gasteiger partial charge in [-0.3, -0.25) is 4.79 Å². The van der Waals surface area contributed by atoms with Crippen LogP contribution in [0, 0.1) is 5.92 Å². The summed E-state index contributed by atoms with van der Waals surface area (Å²) in [6.07, 6.45) is 0.746. The predicted molar refractivity (Wildman–Crippen MR) is 139 cm³/mol. The molecular weight excluding hydrogens is 456 g/mol. The highest BCUT2D eigenvalue weighted by molar-refractivity contribution is 7.00. The maximum atomic E-state index is 12.5. The van der Waals surface area contributed by atoms with Crippen molar-refractivity contribution in [3.8, 4) is 5.75 Å². The van der Waals surface area contributed by atoms with E-state index in [0.717, 1.165) is 15.9 Å². The Kier molecular flexibility index (Phi) is 6.91. The van der Waals surface area contributed by atoms with E-state index in [-0.39, 0.29) is 18.1 Å². The van der Waals surface area contributed by atoms with Gasteiger partial charge in [0.2, 0.25) is 5.79 Å². The van der Waals surface area contributed by atoms with Gasteiger partial charge in [0.15, 0.2) is 0 Å². The van der Waals surface area contributed by atoms with Crippen LogP contribution in [0.4, 0.5) is 0 Å². The summed E-state index contributed by atoms with van der Waals surface area (Å²) in [5.74, 6) is -3.34. The van der Waals surface area contributed by atoms with Gasteiger partial charge in [-0.05, 0) is 41.2 Å². The van der Waals surface area contributed by atoms with Crippen LogP contribution in [0.3, 0.4) is 0 Å². The molecule has 0 aromatic heterocycles. The maximum Gasteiger partial charge on any atom is 0.319 e. The molecule has 0 aliphatic heterocycles. The predicted octanol–water partition coefficient (Wildman–Crippen LogP) is 3.89. The van der Waals surface area contributed by atoms with E-state index in [2.05, 4.69) is 45.0 Å². The van der Waals surface area contributed by atoms with E-state index >= 15 is 0 Å². The van der Waals surface area contributed by atoms with E-state index in [1.807, 2.05) is 42.5 Å². The Bertz CT molecular complexity index is 1130. The van der Waals surface area contributed by atoms with Crippen molar-refractivity contribution < 1.29 is 24.2 Å². The third-order valence-corrected chi connectivity index (χ3v) is 11.9. The molecule has 2 N–H and O–H groups in total. The number of fused-ring (bicyclic) bond motifs is 1. The number of rotatable bonds is 6. The third-order valence-electron chi connectivity index (χ3n) is 6.95. The number of carbonyl (C=O) groups excluding carboxylic acids is 1. The van der Waals surface area contributed by atoms with Crippen LogP contribution in [-0.2, 0) is 21.7 Å². The molecule has 0 amide bonds. The van der Waals surface area contributed by atoms with Gasteiger partial charge in [0, 0.05) is 11.1 Å². The van der Waals surface area contributed by atoms with Crippen LogP contribution in [0.5, 0.6) is 5.75 Å². The SMILES string of the molecule is CCOC(=O)C1CCc2c(O[Si](c3ccccc3)(c3ccccc3)C(C)(C)C)cccc2C1(O)O. The van der Waals surface area contributed by atoms with Crippen molar-refractivity contribution in [3.63, 3.8) is 0 Å². The zero-order valence-electron chi connectivity index (χ0n) is 20.8. The molecule has 0 heterocycles. The number of benzene rings is 3. The van der Waals surface area contributed by atoms with Crippen molar-refractivity contribution in [2.45, 2.75) is 51.4 Å².